The van der Waals surface area contributed by atoms with E-state index in [-0.39, 0.29) is 5.95 Å². The number of hydrogen-bond acceptors (Lipinski definition) is 6. The third-order valence-electron chi connectivity index (χ3n) is 2.83. The van der Waals surface area contributed by atoms with E-state index in [9.17, 15) is 0 Å². The lowest BCUT2D eigenvalue weighted by Gasteiger charge is -2.05. The van der Waals surface area contributed by atoms with Gasteiger partial charge in [0.1, 0.15) is 11.2 Å². The Kier molecular flexibility index (Phi) is 2.96. The predicted octanol–water partition coefficient (Wildman–Crippen LogP) is 1.96. The van der Waals surface area contributed by atoms with Gasteiger partial charge in [-0.05, 0) is 17.9 Å². The minimum atomic E-state index is 0.273. The molecule has 0 spiro atoms. The zero-order valence-electron chi connectivity index (χ0n) is 9.96. The molecular formula is C11H12N6S2. The number of imidazole rings is 1. The minimum absolute atomic E-state index is 0.273. The van der Waals surface area contributed by atoms with Crippen LogP contribution in [-0.2, 0) is 13.0 Å². The van der Waals surface area contributed by atoms with Crippen molar-refractivity contribution in [1.82, 2.24) is 19.5 Å². The summed E-state index contributed by atoms with van der Waals surface area (Å²) >= 11 is 6.86. The number of nitrogens with one attached hydrogen (secondary N) is 1. The van der Waals surface area contributed by atoms with Gasteiger partial charge in [-0.1, -0.05) is 18.3 Å². The number of nitrogen functional groups attached to an aromatic ring is 2. The normalized spacial score (nSPS) is 11.2. The van der Waals surface area contributed by atoms with E-state index in [1.807, 2.05) is 10.6 Å². The molecule has 0 aromatic carbocycles. The number of hydrogen-bond donors (Lipinski definition) is 3. The molecule has 6 nitrogen and oxygen atoms in total. The van der Waals surface area contributed by atoms with E-state index in [4.69, 9.17) is 23.7 Å². The first-order chi connectivity index (χ1) is 9.15. The van der Waals surface area contributed by atoms with Gasteiger partial charge < -0.3 is 16.5 Å². The van der Waals surface area contributed by atoms with Crippen molar-refractivity contribution < 1.29 is 0 Å². The van der Waals surface area contributed by atoms with Crippen molar-refractivity contribution in [3.8, 4) is 0 Å². The summed E-state index contributed by atoms with van der Waals surface area (Å²) in [7, 11) is 0. The smallest absolute Gasteiger partial charge is 0.202 e. The van der Waals surface area contributed by atoms with Crippen LogP contribution in [0.3, 0.4) is 0 Å². The van der Waals surface area contributed by atoms with Crippen LogP contribution in [0.15, 0.2) is 17.5 Å². The molecule has 3 rings (SSSR count). The van der Waals surface area contributed by atoms with E-state index in [0.29, 0.717) is 16.1 Å². The molecule has 3 aromatic rings. The van der Waals surface area contributed by atoms with Crippen LogP contribution in [-0.4, -0.2) is 19.5 Å². The topological polar surface area (TPSA) is 98.5 Å². The Morgan fingerprint density at radius 3 is 2.95 bits per heavy atom. The third kappa shape index (κ3) is 2.20. The second kappa shape index (κ2) is 4.63. The fourth-order valence-corrected chi connectivity index (χ4v) is 2.90. The Bertz CT molecular complexity index is 770. The van der Waals surface area contributed by atoms with Crippen LogP contribution in [0, 0.1) is 4.64 Å². The van der Waals surface area contributed by atoms with Crippen molar-refractivity contribution in [2.24, 2.45) is 0 Å². The van der Waals surface area contributed by atoms with Gasteiger partial charge in [-0.2, -0.15) is 0 Å². The summed E-state index contributed by atoms with van der Waals surface area (Å²) in [4.78, 5) is 12.5. The quantitative estimate of drug-likeness (QED) is 0.641. The number of nitrogens with two attached hydrogens (primary N) is 2. The van der Waals surface area contributed by atoms with Gasteiger partial charge >= 0.3 is 0 Å². The Labute approximate surface area is 118 Å². The molecule has 0 saturated heterocycles. The molecule has 0 bridgehead atoms. The second-order valence-electron chi connectivity index (χ2n) is 4.08. The van der Waals surface area contributed by atoms with Crippen molar-refractivity contribution in [1.29, 1.82) is 0 Å². The van der Waals surface area contributed by atoms with E-state index in [1.54, 1.807) is 11.3 Å². The van der Waals surface area contributed by atoms with E-state index in [1.165, 1.54) is 4.88 Å². The number of aromatic nitrogens is 4. The Morgan fingerprint density at radius 1 is 1.37 bits per heavy atom. The van der Waals surface area contributed by atoms with Crippen LogP contribution >= 0.6 is 23.6 Å². The highest BCUT2D eigenvalue weighted by Crippen LogP contribution is 2.19. The molecule has 0 radical (unpaired) electrons. The van der Waals surface area contributed by atoms with E-state index >= 15 is 0 Å². The fraction of sp³-hybridized carbons (Fsp3) is 0.182. The summed E-state index contributed by atoms with van der Waals surface area (Å²) in [5, 5.41) is 2.06. The Balaban J connectivity index is 2.03. The standard InChI is InChI=1S/C11H12N6S2/c12-10-15-8-7(9(18)16-10)14-11(13)17(8)4-3-6-2-1-5-19-6/h1-2,5H,3-4H2,(H2,13,14)(H3,12,15,16,18). The van der Waals surface area contributed by atoms with Crippen molar-refractivity contribution in [3.05, 3.63) is 27.0 Å². The lowest BCUT2D eigenvalue weighted by molar-refractivity contribution is 0.726. The Hall–Kier alpha value is -1.93. The summed E-state index contributed by atoms with van der Waals surface area (Å²) < 4.78 is 2.25. The van der Waals surface area contributed by atoms with Crippen LogP contribution in [0.2, 0.25) is 0 Å². The first-order valence-corrected chi connectivity index (χ1v) is 6.98. The van der Waals surface area contributed by atoms with Crippen LogP contribution in [0.25, 0.3) is 11.2 Å². The highest BCUT2D eigenvalue weighted by molar-refractivity contribution is 7.71. The Morgan fingerprint density at radius 2 is 2.21 bits per heavy atom. The molecule has 0 amide bonds. The van der Waals surface area contributed by atoms with Gasteiger partial charge in [0.2, 0.25) is 5.95 Å². The van der Waals surface area contributed by atoms with Gasteiger partial charge in [0.25, 0.3) is 0 Å². The van der Waals surface area contributed by atoms with Gasteiger partial charge in [0, 0.05) is 11.4 Å². The lowest BCUT2D eigenvalue weighted by Crippen LogP contribution is -2.06. The molecule has 0 atom stereocenters. The zero-order valence-corrected chi connectivity index (χ0v) is 11.6. The molecule has 3 heterocycles. The molecular weight excluding hydrogens is 280 g/mol. The molecule has 5 N–H and O–H groups in total. The first-order valence-electron chi connectivity index (χ1n) is 5.69. The molecule has 0 saturated carbocycles. The zero-order chi connectivity index (χ0) is 13.4. The number of aromatic amines is 1. The van der Waals surface area contributed by atoms with Gasteiger partial charge in [0.15, 0.2) is 10.6 Å². The number of rotatable bonds is 3. The minimum Gasteiger partial charge on any atom is -0.369 e. The first kappa shape index (κ1) is 12.1. The van der Waals surface area contributed by atoms with Crippen LogP contribution in [0.5, 0.6) is 0 Å². The summed E-state index contributed by atoms with van der Waals surface area (Å²) in [5.41, 5.74) is 12.9. The molecule has 3 aromatic heterocycles. The maximum absolute atomic E-state index is 5.93. The van der Waals surface area contributed by atoms with E-state index < -0.39 is 0 Å². The van der Waals surface area contributed by atoms with Crippen molar-refractivity contribution in [2.75, 3.05) is 11.5 Å². The molecule has 0 aliphatic carbocycles. The average Bonchev–Trinajstić information content (AvgIpc) is 2.95. The van der Waals surface area contributed by atoms with Crippen LogP contribution < -0.4 is 11.5 Å². The number of nitrogens with zero attached hydrogens (tertiary/aromatic N) is 3. The van der Waals surface area contributed by atoms with Crippen molar-refractivity contribution in [3.63, 3.8) is 0 Å². The largest absolute Gasteiger partial charge is 0.369 e. The van der Waals surface area contributed by atoms with Gasteiger partial charge in [-0.15, -0.1) is 11.3 Å². The monoisotopic (exact) mass is 292 g/mol. The molecule has 0 unspecified atom stereocenters. The second-order valence-corrected chi connectivity index (χ2v) is 5.49. The van der Waals surface area contributed by atoms with Gasteiger partial charge in [-0.3, -0.25) is 4.57 Å². The summed E-state index contributed by atoms with van der Waals surface area (Å²) in [6.07, 6.45) is 0.885. The maximum Gasteiger partial charge on any atom is 0.202 e. The van der Waals surface area contributed by atoms with Gasteiger partial charge in [-0.25, -0.2) is 9.97 Å². The van der Waals surface area contributed by atoms with Gasteiger partial charge in [0.05, 0.1) is 0 Å². The number of aryl methyl sites for hydroxylation is 2. The van der Waals surface area contributed by atoms with E-state index in [0.717, 1.165) is 18.6 Å². The summed E-state index contributed by atoms with van der Waals surface area (Å²) in [6, 6.07) is 4.13. The molecule has 98 valence electrons. The lowest BCUT2D eigenvalue weighted by atomic mass is 10.3. The summed E-state index contributed by atoms with van der Waals surface area (Å²) in [6.45, 7) is 0.720. The number of thiophene rings is 1. The molecule has 19 heavy (non-hydrogen) atoms. The molecule has 0 aliphatic heterocycles. The molecule has 0 fully saturated rings. The maximum atomic E-state index is 5.93. The SMILES string of the molecule is Nc1nc(=S)c2nc(N)n(CCc3cccs3)c2[nH]1. The number of H-pyrrole nitrogens is 1. The highest BCUT2D eigenvalue weighted by atomic mass is 32.1. The average molecular weight is 292 g/mol. The molecule has 8 heteroatoms. The third-order valence-corrected chi connectivity index (χ3v) is 4.05. The van der Waals surface area contributed by atoms with E-state index in [2.05, 4.69) is 26.4 Å². The molecule has 0 aliphatic rings. The van der Waals surface area contributed by atoms with Crippen molar-refractivity contribution >= 4 is 46.6 Å². The summed E-state index contributed by atoms with van der Waals surface area (Å²) in [5.74, 6) is 0.691. The van der Waals surface area contributed by atoms with Crippen LogP contribution in [0.4, 0.5) is 11.9 Å². The predicted molar refractivity (Wildman–Crippen MR) is 79.6 cm³/mol. The fourth-order valence-electron chi connectivity index (χ4n) is 1.96. The van der Waals surface area contributed by atoms with Crippen LogP contribution in [0.1, 0.15) is 4.88 Å². The van der Waals surface area contributed by atoms with Crippen molar-refractivity contribution in [2.45, 2.75) is 13.0 Å². The number of fused-ring (bicyclic) bond motifs is 1. The highest BCUT2D eigenvalue weighted by Gasteiger charge is 2.11. The number of anilines is 2.